The van der Waals surface area contributed by atoms with Crippen LogP contribution in [0.3, 0.4) is 0 Å². The van der Waals surface area contributed by atoms with Gasteiger partial charge in [-0.3, -0.25) is 48.6 Å². The molecule has 1 aliphatic heterocycles. The van der Waals surface area contributed by atoms with Crippen LogP contribution in [0, 0.1) is 11.3 Å². The minimum atomic E-state index is -1.62. The van der Waals surface area contributed by atoms with Crippen molar-refractivity contribution in [3.05, 3.63) is 35.9 Å². The summed E-state index contributed by atoms with van der Waals surface area (Å²) in [5.74, 6) is -8.90. The molecule has 1 fully saturated rings. The number of rotatable bonds is 26. The maximum atomic E-state index is 14.3. The Morgan fingerprint density at radius 3 is 2.00 bits per heavy atom. The maximum Gasteiger partial charge on any atom is 0.322 e. The minimum absolute atomic E-state index is 0.0450. The molecule has 0 unspecified atom stereocenters. The quantitative estimate of drug-likeness (QED) is 0.0243. The van der Waals surface area contributed by atoms with Crippen LogP contribution in [0.15, 0.2) is 30.3 Å². The number of hydrogen-bond acceptors (Lipinski definition) is 12. The molecule has 0 radical (unpaired) electrons. The molecule has 1 saturated heterocycles. The molecular formula is C39H61N11O12. The molecule has 0 bridgehead atoms. The molecule has 7 amide bonds. The van der Waals surface area contributed by atoms with Crippen molar-refractivity contribution in [2.45, 2.75) is 114 Å². The van der Waals surface area contributed by atoms with Crippen LogP contribution < -0.4 is 48.7 Å². The number of hydrogen-bond donors (Lipinski definition) is 13. The fraction of sp³-hybridized carbons (Fsp3) is 0.590. The summed E-state index contributed by atoms with van der Waals surface area (Å²) in [7, 11) is 0. The Morgan fingerprint density at radius 2 is 1.40 bits per heavy atom. The molecule has 8 atom stereocenters. The van der Waals surface area contributed by atoms with Crippen molar-refractivity contribution in [3.8, 4) is 0 Å². The first-order valence-corrected chi connectivity index (χ1v) is 20.3. The third kappa shape index (κ3) is 17.3. The minimum Gasteiger partial charge on any atom is -0.481 e. The number of aliphatic hydroxyl groups is 1. The molecule has 1 heterocycles. The van der Waals surface area contributed by atoms with E-state index in [1.165, 1.54) is 11.8 Å². The number of amides is 7. The van der Waals surface area contributed by atoms with Crippen LogP contribution in [-0.2, 0) is 49.6 Å². The summed E-state index contributed by atoms with van der Waals surface area (Å²) in [4.78, 5) is 118. The molecule has 23 heteroatoms. The molecule has 0 aliphatic carbocycles. The molecule has 62 heavy (non-hydrogen) atoms. The predicted molar refractivity (Wildman–Crippen MR) is 221 cm³/mol. The summed E-state index contributed by atoms with van der Waals surface area (Å²) in [6, 6.07) is -0.530. The van der Waals surface area contributed by atoms with E-state index >= 15 is 0 Å². The van der Waals surface area contributed by atoms with Gasteiger partial charge in [0.1, 0.15) is 42.8 Å². The number of nitrogens with zero attached hydrogens (tertiary/aromatic N) is 1. The highest BCUT2D eigenvalue weighted by Gasteiger charge is 2.40. The zero-order chi connectivity index (χ0) is 46.5. The number of guanidine groups is 1. The lowest BCUT2D eigenvalue weighted by atomic mass is 9.99. The summed E-state index contributed by atoms with van der Waals surface area (Å²) >= 11 is 0. The van der Waals surface area contributed by atoms with Crippen LogP contribution in [0.4, 0.5) is 0 Å². The summed E-state index contributed by atoms with van der Waals surface area (Å²) < 4.78 is 0. The van der Waals surface area contributed by atoms with Gasteiger partial charge in [0.15, 0.2) is 5.96 Å². The van der Waals surface area contributed by atoms with Crippen molar-refractivity contribution in [1.82, 2.24) is 42.1 Å². The second-order valence-electron chi connectivity index (χ2n) is 15.0. The molecule has 1 aliphatic rings. The number of carboxylic acids is 2. The number of benzene rings is 1. The fourth-order valence-corrected chi connectivity index (χ4v) is 6.36. The summed E-state index contributed by atoms with van der Waals surface area (Å²) in [6.07, 6.45) is 0.164. The second-order valence-corrected chi connectivity index (χ2v) is 15.0. The van der Waals surface area contributed by atoms with Gasteiger partial charge in [-0.2, -0.15) is 0 Å². The van der Waals surface area contributed by atoms with E-state index in [1.54, 1.807) is 37.3 Å². The van der Waals surface area contributed by atoms with E-state index in [1.807, 2.05) is 6.92 Å². The number of carbonyl (C=O) groups is 9. The maximum absolute atomic E-state index is 14.3. The Kier molecular flexibility index (Phi) is 21.8. The van der Waals surface area contributed by atoms with E-state index in [0.717, 1.165) is 0 Å². The highest BCUT2D eigenvalue weighted by Crippen LogP contribution is 2.20. The largest absolute Gasteiger partial charge is 0.481 e. The van der Waals surface area contributed by atoms with Gasteiger partial charge in [0.05, 0.1) is 12.6 Å². The molecule has 344 valence electrons. The van der Waals surface area contributed by atoms with Crippen molar-refractivity contribution in [1.29, 1.82) is 5.41 Å². The van der Waals surface area contributed by atoms with Gasteiger partial charge in [-0.15, -0.1) is 0 Å². The van der Waals surface area contributed by atoms with Crippen LogP contribution in [0.1, 0.15) is 71.3 Å². The van der Waals surface area contributed by atoms with E-state index in [0.29, 0.717) is 18.4 Å². The number of aliphatic carboxylic acids is 2. The number of carboxylic acid groups (broad SMARTS) is 2. The highest BCUT2D eigenvalue weighted by molar-refractivity contribution is 5.98. The Labute approximate surface area is 358 Å². The van der Waals surface area contributed by atoms with Crippen molar-refractivity contribution in [2.75, 3.05) is 26.2 Å². The van der Waals surface area contributed by atoms with Crippen molar-refractivity contribution >= 4 is 59.2 Å². The third-order valence-corrected chi connectivity index (χ3v) is 10.2. The number of likely N-dealkylation sites (tertiary alicyclic amines) is 1. The molecule has 0 aromatic heterocycles. The lowest BCUT2D eigenvalue weighted by Gasteiger charge is -2.31. The second kappa shape index (κ2) is 26.1. The number of carbonyl (C=O) groups excluding carboxylic acids is 7. The summed E-state index contributed by atoms with van der Waals surface area (Å²) in [5.41, 5.74) is 11.9. The monoisotopic (exact) mass is 875 g/mol. The molecule has 0 spiro atoms. The van der Waals surface area contributed by atoms with Crippen LogP contribution >= 0.6 is 0 Å². The smallest absolute Gasteiger partial charge is 0.322 e. The van der Waals surface area contributed by atoms with Crippen molar-refractivity contribution < 1.29 is 58.5 Å². The van der Waals surface area contributed by atoms with E-state index in [2.05, 4.69) is 37.2 Å². The predicted octanol–water partition coefficient (Wildman–Crippen LogP) is -3.64. The fourth-order valence-electron chi connectivity index (χ4n) is 6.36. The third-order valence-electron chi connectivity index (χ3n) is 10.2. The lowest BCUT2D eigenvalue weighted by Crippen LogP contribution is -2.60. The van der Waals surface area contributed by atoms with Crippen LogP contribution in [0.2, 0.25) is 0 Å². The summed E-state index contributed by atoms with van der Waals surface area (Å²) in [6.45, 7) is 3.47. The first-order valence-electron chi connectivity index (χ1n) is 20.3. The van der Waals surface area contributed by atoms with E-state index in [-0.39, 0.29) is 57.1 Å². The van der Waals surface area contributed by atoms with Gasteiger partial charge >= 0.3 is 11.9 Å². The van der Waals surface area contributed by atoms with Gasteiger partial charge in [0, 0.05) is 25.9 Å². The SMILES string of the molecule is CC[C@H](C)[C@H](N)C(=O)N[C@@H](C)C(=O)N[C@@H](CCC(=O)O)C(=O)N[C@@H](Cc1ccccc1)C(=O)N1CCC[C@H]1C(=O)N[C@@H](CO)C(=O)N[C@@H](CCCNC(=N)N)C(=O)NCC(=O)O. The van der Waals surface area contributed by atoms with E-state index < -0.39 is 115 Å². The van der Waals surface area contributed by atoms with Gasteiger partial charge in [-0.05, 0) is 50.5 Å². The molecule has 15 N–H and O–H groups in total. The average molecular weight is 876 g/mol. The van der Waals surface area contributed by atoms with Gasteiger partial charge < -0.3 is 68.9 Å². The van der Waals surface area contributed by atoms with Crippen LogP contribution in [0.25, 0.3) is 0 Å². The number of aliphatic hydroxyl groups excluding tert-OH is 1. The Balaban J connectivity index is 2.30. The molecule has 1 aromatic rings. The first kappa shape index (κ1) is 51.8. The highest BCUT2D eigenvalue weighted by atomic mass is 16.4. The zero-order valence-corrected chi connectivity index (χ0v) is 35.1. The Bertz CT molecular complexity index is 1750. The van der Waals surface area contributed by atoms with Crippen molar-refractivity contribution in [3.63, 3.8) is 0 Å². The van der Waals surface area contributed by atoms with Gasteiger partial charge in [-0.25, -0.2) is 0 Å². The number of nitrogens with one attached hydrogen (secondary N) is 8. The Morgan fingerprint density at radius 1 is 0.790 bits per heavy atom. The van der Waals surface area contributed by atoms with E-state index in [4.69, 9.17) is 22.0 Å². The topological polar surface area (TPSA) is 378 Å². The molecular weight excluding hydrogens is 814 g/mol. The van der Waals surface area contributed by atoms with Gasteiger partial charge in [0.2, 0.25) is 41.4 Å². The van der Waals surface area contributed by atoms with Crippen LogP contribution in [-0.4, -0.2) is 148 Å². The molecule has 0 saturated carbocycles. The van der Waals surface area contributed by atoms with Crippen molar-refractivity contribution in [2.24, 2.45) is 17.4 Å². The van der Waals surface area contributed by atoms with E-state index in [9.17, 15) is 53.4 Å². The van der Waals surface area contributed by atoms with Gasteiger partial charge in [0.25, 0.3) is 0 Å². The summed E-state index contributed by atoms with van der Waals surface area (Å²) in [5, 5.41) is 52.9. The zero-order valence-electron chi connectivity index (χ0n) is 35.1. The standard InChI is InChI=1S/C39H61N11O12/c1-4-21(2)31(40)37(61)45-22(3)32(56)46-25(14-15-29(52)53)34(58)48-26(18-23-10-6-5-7-11-23)38(62)50-17-9-13-28(50)36(60)49-27(20-51)35(59)47-24(12-8-16-43-39(41)42)33(57)44-19-30(54)55/h5-7,10-11,21-22,24-28,31,51H,4,8-9,12-20,40H2,1-3H3,(H,44,57)(H,45,61)(H,46,56)(H,47,59)(H,48,58)(H,49,60)(H,52,53)(H,54,55)(H4,41,42,43)/t21-,22-,24-,25-,26-,27-,28-,31-/m0/s1. The first-order chi connectivity index (χ1) is 29.3. The molecule has 2 rings (SSSR count). The Hall–Kier alpha value is -6.36. The van der Waals surface area contributed by atoms with Crippen LogP contribution in [0.5, 0.6) is 0 Å². The normalized spacial score (nSPS) is 16.7. The molecule has 1 aromatic carbocycles. The molecule has 23 nitrogen and oxygen atoms in total. The lowest BCUT2D eigenvalue weighted by molar-refractivity contribution is -0.143. The average Bonchev–Trinajstić information content (AvgIpc) is 3.73. The number of nitrogens with two attached hydrogens (primary N) is 2. The van der Waals surface area contributed by atoms with Gasteiger partial charge in [-0.1, -0.05) is 50.6 Å².